The molecule has 0 radical (unpaired) electrons. The molecule has 1 aliphatic heterocycles. The van der Waals surface area contributed by atoms with E-state index in [2.05, 4.69) is 5.16 Å². The number of nitrogens with zero attached hydrogens (tertiary/aromatic N) is 3. The number of likely N-dealkylation sites (tertiary alicyclic amines) is 1. The molecule has 2 aliphatic rings. The Morgan fingerprint density at radius 2 is 1.94 bits per heavy atom. The summed E-state index contributed by atoms with van der Waals surface area (Å²) < 4.78 is 15.7. The third kappa shape index (κ3) is 5.58. The van der Waals surface area contributed by atoms with Crippen LogP contribution in [0.2, 0.25) is 0 Å². The molecule has 34 heavy (non-hydrogen) atoms. The predicted octanol–water partition coefficient (Wildman–Crippen LogP) is 3.15. The van der Waals surface area contributed by atoms with Crippen LogP contribution in [0.15, 0.2) is 34.9 Å². The highest BCUT2D eigenvalue weighted by molar-refractivity contribution is 5.94. The van der Waals surface area contributed by atoms with Gasteiger partial charge in [0.05, 0.1) is 19.6 Å². The number of esters is 1. The molecule has 0 bridgehead atoms. The zero-order valence-corrected chi connectivity index (χ0v) is 19.7. The Bertz CT molecular complexity index is 1010. The van der Waals surface area contributed by atoms with Crippen LogP contribution in [-0.4, -0.2) is 72.1 Å². The second-order valence-corrected chi connectivity index (χ2v) is 8.72. The van der Waals surface area contributed by atoms with Crippen molar-refractivity contribution in [3.8, 4) is 17.1 Å². The number of piperidine rings is 1. The topological polar surface area (TPSA) is 102 Å². The third-order valence-electron chi connectivity index (χ3n) is 6.31. The van der Waals surface area contributed by atoms with Crippen molar-refractivity contribution in [3.63, 3.8) is 0 Å². The average Bonchev–Trinajstić information content (AvgIpc) is 3.58. The lowest BCUT2D eigenvalue weighted by Gasteiger charge is -2.32. The van der Waals surface area contributed by atoms with Crippen LogP contribution in [0.25, 0.3) is 11.3 Å². The van der Waals surface area contributed by atoms with Crippen LogP contribution in [0.4, 0.5) is 0 Å². The van der Waals surface area contributed by atoms with Crippen molar-refractivity contribution in [2.45, 2.75) is 45.1 Å². The summed E-state index contributed by atoms with van der Waals surface area (Å²) in [6, 6.07) is 9.06. The highest BCUT2D eigenvalue weighted by Crippen LogP contribution is 2.30. The minimum Gasteiger partial charge on any atom is -0.497 e. The van der Waals surface area contributed by atoms with Gasteiger partial charge in [-0.05, 0) is 56.9 Å². The molecule has 2 amide bonds. The summed E-state index contributed by atoms with van der Waals surface area (Å²) in [6.45, 7) is 3.43. The summed E-state index contributed by atoms with van der Waals surface area (Å²) >= 11 is 0. The third-order valence-corrected chi connectivity index (χ3v) is 6.31. The Hall–Kier alpha value is -3.36. The first-order valence-corrected chi connectivity index (χ1v) is 11.9. The van der Waals surface area contributed by atoms with E-state index in [-0.39, 0.29) is 41.9 Å². The van der Waals surface area contributed by atoms with Crippen LogP contribution in [-0.2, 0) is 14.3 Å². The summed E-state index contributed by atoms with van der Waals surface area (Å²) in [5.74, 6) is 0.426. The number of benzene rings is 1. The highest BCUT2D eigenvalue weighted by atomic mass is 16.5. The van der Waals surface area contributed by atoms with Crippen LogP contribution < -0.4 is 4.74 Å². The fourth-order valence-corrected chi connectivity index (χ4v) is 4.28. The van der Waals surface area contributed by atoms with Gasteiger partial charge in [0.15, 0.2) is 11.5 Å². The molecule has 2 fully saturated rings. The Balaban J connectivity index is 1.36. The number of rotatable bonds is 9. The van der Waals surface area contributed by atoms with E-state index in [0.717, 1.165) is 37.0 Å². The molecule has 1 saturated heterocycles. The number of ether oxygens (including phenoxy) is 2. The van der Waals surface area contributed by atoms with Crippen LogP contribution >= 0.6 is 0 Å². The van der Waals surface area contributed by atoms with E-state index in [9.17, 15) is 14.4 Å². The molecule has 182 valence electrons. The smallest absolute Gasteiger partial charge is 0.310 e. The molecule has 1 aromatic carbocycles. The molecule has 9 heteroatoms. The number of hydrogen-bond donors (Lipinski definition) is 0. The van der Waals surface area contributed by atoms with E-state index >= 15 is 0 Å². The van der Waals surface area contributed by atoms with Gasteiger partial charge >= 0.3 is 5.97 Å². The van der Waals surface area contributed by atoms with Crippen LogP contribution in [0, 0.1) is 5.92 Å². The summed E-state index contributed by atoms with van der Waals surface area (Å²) in [5.41, 5.74) is 1.02. The zero-order chi connectivity index (χ0) is 24.1. The minimum absolute atomic E-state index is 0.0495. The standard InChI is InChI=1S/C25H31N3O6/c1-3-33-25(31)18-5-4-13-27(16-18)23(29)12-14-28(19-8-9-19)24(30)21-15-22(34-26-21)17-6-10-20(32-2)11-7-17/h6-7,10-11,15,18-19H,3-5,8-9,12-14,16H2,1-2H3/t18-/m0/s1. The monoisotopic (exact) mass is 469 g/mol. The quantitative estimate of drug-likeness (QED) is 0.520. The van der Waals surface area contributed by atoms with E-state index in [1.807, 2.05) is 24.3 Å². The first-order chi connectivity index (χ1) is 16.5. The fraction of sp³-hybridized carbons (Fsp3) is 0.520. The number of amides is 2. The van der Waals surface area contributed by atoms with Crippen molar-refractivity contribution in [3.05, 3.63) is 36.0 Å². The van der Waals surface area contributed by atoms with E-state index in [1.54, 1.807) is 29.9 Å². The average molecular weight is 470 g/mol. The van der Waals surface area contributed by atoms with E-state index in [1.165, 1.54) is 0 Å². The second kappa shape index (κ2) is 10.7. The summed E-state index contributed by atoms with van der Waals surface area (Å²) in [5, 5.41) is 3.99. The lowest BCUT2D eigenvalue weighted by atomic mass is 9.98. The largest absolute Gasteiger partial charge is 0.497 e. The van der Waals surface area contributed by atoms with Gasteiger partial charge in [0.25, 0.3) is 5.91 Å². The van der Waals surface area contributed by atoms with Gasteiger partial charge in [0.2, 0.25) is 5.91 Å². The van der Waals surface area contributed by atoms with Crippen molar-refractivity contribution < 1.29 is 28.4 Å². The molecular formula is C25H31N3O6. The molecule has 0 N–H and O–H groups in total. The maximum atomic E-state index is 13.2. The van der Waals surface area contributed by atoms with Gasteiger partial charge in [-0.25, -0.2) is 0 Å². The molecule has 4 rings (SSSR count). The Labute approximate surface area is 199 Å². The van der Waals surface area contributed by atoms with Gasteiger partial charge in [-0.15, -0.1) is 0 Å². The molecule has 2 aromatic rings. The van der Waals surface area contributed by atoms with Gasteiger partial charge in [-0.2, -0.15) is 0 Å². The van der Waals surface area contributed by atoms with Crippen LogP contribution in [0.1, 0.15) is 49.5 Å². The number of carbonyl (C=O) groups is 3. The molecule has 1 aliphatic carbocycles. The normalized spacial score (nSPS) is 17.8. The van der Waals surface area contributed by atoms with E-state index in [0.29, 0.717) is 32.0 Å². The SMILES string of the molecule is CCOC(=O)[C@H]1CCCN(C(=O)CCN(C(=O)c2cc(-c3ccc(OC)cc3)on2)C2CC2)C1. The Morgan fingerprint density at radius 1 is 1.18 bits per heavy atom. The lowest BCUT2D eigenvalue weighted by molar-refractivity contribution is -0.151. The van der Waals surface area contributed by atoms with Crippen molar-refractivity contribution in [2.24, 2.45) is 5.92 Å². The van der Waals surface area contributed by atoms with E-state index < -0.39 is 0 Å². The second-order valence-electron chi connectivity index (χ2n) is 8.72. The fourth-order valence-electron chi connectivity index (χ4n) is 4.28. The van der Waals surface area contributed by atoms with E-state index in [4.69, 9.17) is 14.0 Å². The number of carbonyl (C=O) groups excluding carboxylic acids is 3. The van der Waals surface area contributed by atoms with Gasteiger partial charge in [-0.1, -0.05) is 5.16 Å². The maximum absolute atomic E-state index is 13.2. The Morgan fingerprint density at radius 3 is 2.62 bits per heavy atom. The molecule has 9 nitrogen and oxygen atoms in total. The summed E-state index contributed by atoms with van der Waals surface area (Å²) in [6.07, 6.45) is 3.54. The number of methoxy groups -OCH3 is 1. The number of aromatic nitrogens is 1. The zero-order valence-electron chi connectivity index (χ0n) is 19.7. The van der Waals surface area contributed by atoms with Crippen molar-refractivity contribution in [1.29, 1.82) is 0 Å². The molecular weight excluding hydrogens is 438 g/mol. The molecule has 0 spiro atoms. The van der Waals surface area contributed by atoms with Crippen molar-refractivity contribution in [1.82, 2.24) is 15.0 Å². The highest BCUT2D eigenvalue weighted by Gasteiger charge is 2.35. The molecule has 1 atom stereocenters. The summed E-state index contributed by atoms with van der Waals surface area (Å²) in [4.78, 5) is 41.6. The van der Waals surface area contributed by atoms with Crippen LogP contribution in [0.3, 0.4) is 0 Å². The van der Waals surface area contributed by atoms with Gasteiger partial charge < -0.3 is 23.8 Å². The van der Waals surface area contributed by atoms with Gasteiger partial charge in [0.1, 0.15) is 5.75 Å². The molecule has 2 heterocycles. The minimum atomic E-state index is -0.273. The first kappa shape index (κ1) is 23.8. The Kier molecular flexibility index (Phi) is 7.49. The van der Waals surface area contributed by atoms with Crippen LogP contribution in [0.5, 0.6) is 5.75 Å². The van der Waals surface area contributed by atoms with Crippen molar-refractivity contribution in [2.75, 3.05) is 33.4 Å². The van der Waals surface area contributed by atoms with Crippen molar-refractivity contribution >= 4 is 17.8 Å². The molecule has 0 unspecified atom stereocenters. The van der Waals surface area contributed by atoms with Gasteiger partial charge in [0, 0.05) is 43.7 Å². The lowest BCUT2D eigenvalue weighted by Crippen LogP contribution is -2.44. The van der Waals surface area contributed by atoms with Gasteiger partial charge in [-0.3, -0.25) is 14.4 Å². The first-order valence-electron chi connectivity index (χ1n) is 11.9. The molecule has 1 aromatic heterocycles. The predicted molar refractivity (Wildman–Crippen MR) is 123 cm³/mol. The number of hydrogen-bond acceptors (Lipinski definition) is 7. The summed E-state index contributed by atoms with van der Waals surface area (Å²) in [7, 11) is 1.60. The maximum Gasteiger partial charge on any atom is 0.310 e. The molecule has 1 saturated carbocycles.